The van der Waals surface area contributed by atoms with Gasteiger partial charge in [0.15, 0.2) is 6.29 Å². The molecule has 1 aliphatic carbocycles. The highest BCUT2D eigenvalue weighted by atomic mass is 19.1. The predicted octanol–water partition coefficient (Wildman–Crippen LogP) is 25.8. The maximum atomic E-state index is 9.50. The van der Waals surface area contributed by atoms with Gasteiger partial charge in [0.1, 0.15) is 11.6 Å². The summed E-state index contributed by atoms with van der Waals surface area (Å²) >= 11 is 0. The van der Waals surface area contributed by atoms with Crippen molar-refractivity contribution in [2.45, 2.75) is 257 Å². The molecule has 3 heterocycles. The van der Waals surface area contributed by atoms with Crippen LogP contribution < -0.4 is 0 Å². The fraction of sp³-hybridized carbons (Fsp3) is 0.556. The lowest BCUT2D eigenvalue weighted by Crippen LogP contribution is -2.27. The summed E-state index contributed by atoms with van der Waals surface area (Å²) in [6.45, 7) is 58.4. The Balaban J connectivity index is -0.000000166. The largest absolute Gasteiger partial charge is 0.353 e. The molecule has 1 aliphatic heterocycles. The lowest BCUT2D eigenvalue weighted by molar-refractivity contribution is -0.187. The van der Waals surface area contributed by atoms with E-state index in [4.69, 9.17) is 9.47 Å². The van der Waals surface area contributed by atoms with E-state index in [2.05, 4.69) is 269 Å². The van der Waals surface area contributed by atoms with Crippen LogP contribution in [0.2, 0.25) is 0 Å². The number of hydrogen-bond donors (Lipinski definition) is 0. The Hall–Kier alpha value is -5.70. The van der Waals surface area contributed by atoms with Gasteiger partial charge in [0.2, 0.25) is 0 Å². The van der Waals surface area contributed by atoms with Crippen LogP contribution in [0.15, 0.2) is 140 Å². The summed E-state index contributed by atoms with van der Waals surface area (Å²) in [5, 5.41) is 2.67. The van der Waals surface area contributed by atoms with E-state index in [9.17, 15) is 8.78 Å². The number of halogens is 2. The Kier molecular flexibility index (Phi) is 79.5. The highest BCUT2D eigenvalue weighted by Gasteiger charge is 2.14. The van der Waals surface area contributed by atoms with Crippen molar-refractivity contribution in [3.63, 3.8) is 0 Å². The Morgan fingerprint density at radius 3 is 0.708 bits per heavy atom. The smallest absolute Gasteiger partial charge is 0.154 e. The molecule has 5 aromatic carbocycles. The van der Waals surface area contributed by atoms with Crippen LogP contribution in [0.1, 0.15) is 237 Å². The third-order valence-corrected chi connectivity index (χ3v) is 10.9. The number of alkyl halides is 2. The molecule has 1 saturated heterocycles. The van der Waals surface area contributed by atoms with Crippen LogP contribution in [0.4, 0.5) is 8.78 Å². The predicted molar refractivity (Wildman–Crippen MR) is 397 cm³/mol. The Morgan fingerprint density at radius 2 is 0.517 bits per heavy atom. The van der Waals surface area contributed by atoms with E-state index >= 15 is 0 Å². The summed E-state index contributed by atoms with van der Waals surface area (Å²) in [5.41, 5.74) is 11.5. The van der Waals surface area contributed by atoms with Gasteiger partial charge < -0.3 is 9.47 Å². The first kappa shape index (κ1) is 96.9. The van der Waals surface area contributed by atoms with Crippen LogP contribution in [0, 0.1) is 93.9 Å². The van der Waals surface area contributed by atoms with E-state index in [1.807, 2.05) is 77.6 Å². The van der Waals surface area contributed by atoms with Crippen LogP contribution in [-0.2, 0) is 9.47 Å². The van der Waals surface area contributed by atoms with Gasteiger partial charge in [0, 0.05) is 30.7 Å². The number of aromatic nitrogens is 4. The first-order valence-electron chi connectivity index (χ1n) is 33.4. The van der Waals surface area contributed by atoms with Crippen molar-refractivity contribution < 1.29 is 18.3 Å². The van der Waals surface area contributed by atoms with Crippen LogP contribution >= 0.6 is 0 Å². The van der Waals surface area contributed by atoms with Crippen LogP contribution in [0.3, 0.4) is 0 Å². The molecule has 0 radical (unpaired) electrons. The highest BCUT2D eigenvalue weighted by molar-refractivity contribution is 5.83. The van der Waals surface area contributed by atoms with Gasteiger partial charge in [0.05, 0.1) is 27.6 Å². The number of benzene rings is 5. The summed E-state index contributed by atoms with van der Waals surface area (Å²) in [7, 11) is 1.00. The Bertz CT molecular complexity index is 2060. The zero-order valence-electron chi connectivity index (χ0n) is 62.9. The molecule has 0 unspecified atom stereocenters. The lowest BCUT2D eigenvalue weighted by Gasteiger charge is -2.24. The van der Waals surface area contributed by atoms with Gasteiger partial charge in [-0.15, -0.1) is 0 Å². The fourth-order valence-corrected chi connectivity index (χ4v) is 6.33. The maximum Gasteiger partial charge on any atom is 0.154 e. The lowest BCUT2D eigenvalue weighted by atomic mass is 9.84. The number of nitrogens with zero attached hydrogens (tertiary/aromatic N) is 4. The van der Waals surface area contributed by atoms with Crippen molar-refractivity contribution in [3.05, 3.63) is 202 Å². The number of ether oxygens (including phenoxy) is 2. The first-order valence-corrected chi connectivity index (χ1v) is 33.4. The van der Waals surface area contributed by atoms with Gasteiger partial charge in [0.25, 0.3) is 0 Å². The standard InChI is InChI=1S/C12H12.C8H16.2C8H10.C7H8.2C6H8N2.C6H12O2.6C3H8.2CH3F/c1-9-3-5-12-8-10(2)4-6-11(12)7-9;3*1-7-3-5-8(2)6-4-7;1-7-5-3-2-4-6-7;3*1-5-3-7-6(2)8-4-5;6*1-3-2;2*1-2/h3-8H,1-2H3;7-8H,3-6H2,1-2H3;2*3-6H,1-2H3;2-6H,1H3;2*3-4H,1-2H3;5-6H,3-4H2,1-2H3;6*3H2,1-2H3;2*1H3. The van der Waals surface area contributed by atoms with E-state index in [0.717, 1.165) is 47.8 Å². The maximum absolute atomic E-state index is 9.50. The van der Waals surface area contributed by atoms with Crippen molar-refractivity contribution >= 4 is 10.8 Å². The minimum absolute atomic E-state index is 0.0196. The molecular formula is C81H138F2N4O2. The molecule has 2 aromatic heterocycles. The van der Waals surface area contributed by atoms with Crippen molar-refractivity contribution in [1.82, 2.24) is 19.9 Å². The summed E-state index contributed by atoms with van der Waals surface area (Å²) in [6, 6.07) is 40.3. The molecule has 0 N–H and O–H groups in total. The second-order valence-corrected chi connectivity index (χ2v) is 22.9. The van der Waals surface area contributed by atoms with E-state index in [-0.39, 0.29) is 6.29 Å². The zero-order valence-corrected chi connectivity index (χ0v) is 62.9. The Labute approximate surface area is 550 Å². The fourth-order valence-electron chi connectivity index (χ4n) is 6.33. The van der Waals surface area contributed by atoms with Crippen molar-refractivity contribution in [2.75, 3.05) is 27.6 Å². The summed E-state index contributed by atoms with van der Waals surface area (Å²) in [6.07, 6.45) is 20.6. The average Bonchev–Trinajstić information content (AvgIpc) is 3.45. The topological polar surface area (TPSA) is 70.0 Å². The summed E-state index contributed by atoms with van der Waals surface area (Å²) in [5.74, 6) is 4.27. The molecule has 8 heteroatoms. The van der Waals surface area contributed by atoms with Gasteiger partial charge in [-0.2, -0.15) is 0 Å². The minimum Gasteiger partial charge on any atom is -0.353 e. The second kappa shape index (κ2) is 73.0. The van der Waals surface area contributed by atoms with Crippen LogP contribution in [0.25, 0.3) is 10.8 Å². The van der Waals surface area contributed by atoms with Gasteiger partial charge in [-0.05, 0) is 117 Å². The average molecular weight is 1240 g/mol. The zero-order chi connectivity index (χ0) is 69.8. The van der Waals surface area contributed by atoms with Gasteiger partial charge in [-0.3, -0.25) is 8.78 Å². The molecule has 2 fully saturated rings. The van der Waals surface area contributed by atoms with Gasteiger partial charge in [-0.1, -0.05) is 322 Å². The molecule has 7 aromatic rings. The molecule has 6 nitrogen and oxygen atoms in total. The molecule has 0 bridgehead atoms. The molecule has 89 heavy (non-hydrogen) atoms. The molecule has 2 aliphatic rings. The molecule has 1 saturated carbocycles. The van der Waals surface area contributed by atoms with Crippen LogP contribution in [-0.4, -0.2) is 53.8 Å². The SMILES string of the molecule is CC1CCC(C)CC1.CC1COC(C)OC1.CCC.CCC.CCC.CCC.CCC.CCC.CF.CF.Cc1ccc(C)cc1.Cc1ccc(C)cc1.Cc1ccc2cc(C)ccc2c1.Cc1ccccc1.Cc1cnc(C)nc1.Cc1cnc(C)nc1. The molecule has 0 amide bonds. The number of rotatable bonds is 0. The van der Waals surface area contributed by atoms with Crippen molar-refractivity contribution in [3.8, 4) is 0 Å². The van der Waals surface area contributed by atoms with E-state index in [1.165, 1.54) is 114 Å². The summed E-state index contributed by atoms with van der Waals surface area (Å²) in [4.78, 5) is 15.9. The van der Waals surface area contributed by atoms with Gasteiger partial charge in [-0.25, -0.2) is 19.9 Å². The number of aryl methyl sites for hydroxylation is 11. The third kappa shape index (κ3) is 74.7. The van der Waals surface area contributed by atoms with Gasteiger partial charge >= 0.3 is 0 Å². The van der Waals surface area contributed by atoms with E-state index in [1.54, 1.807) is 0 Å². The number of hydrogen-bond acceptors (Lipinski definition) is 6. The monoisotopic (exact) mass is 1240 g/mol. The minimum atomic E-state index is 0.0196. The van der Waals surface area contributed by atoms with E-state index in [0.29, 0.717) is 20.3 Å². The molecule has 508 valence electrons. The summed E-state index contributed by atoms with van der Waals surface area (Å²) < 4.78 is 29.3. The molecule has 9 rings (SSSR count). The normalized spacial score (nSPS) is 13.9. The highest BCUT2D eigenvalue weighted by Crippen LogP contribution is 2.27. The quantitative estimate of drug-likeness (QED) is 0.151. The third-order valence-electron chi connectivity index (χ3n) is 10.9. The van der Waals surface area contributed by atoms with Crippen LogP contribution in [0.5, 0.6) is 0 Å². The molecule has 0 atom stereocenters. The Morgan fingerprint density at radius 1 is 0.303 bits per heavy atom. The number of fused-ring (bicyclic) bond motifs is 1. The van der Waals surface area contributed by atoms with E-state index < -0.39 is 0 Å². The van der Waals surface area contributed by atoms with Crippen molar-refractivity contribution in [2.24, 2.45) is 17.8 Å². The second-order valence-electron chi connectivity index (χ2n) is 22.9. The van der Waals surface area contributed by atoms with Crippen molar-refractivity contribution in [1.29, 1.82) is 0 Å². The molecular weight excluding hydrogens is 1100 g/mol. The first-order chi connectivity index (χ1) is 42.4. The molecule has 0 spiro atoms.